The van der Waals surface area contributed by atoms with Crippen molar-refractivity contribution in [3.05, 3.63) is 64.0 Å². The second-order valence-electron chi connectivity index (χ2n) is 4.83. The van der Waals surface area contributed by atoms with E-state index in [0.717, 1.165) is 33.2 Å². The van der Waals surface area contributed by atoms with Crippen molar-refractivity contribution >= 4 is 32.9 Å². The number of thiophene rings is 1. The molecule has 0 aliphatic heterocycles. The number of rotatable bonds is 0. The summed E-state index contributed by atoms with van der Waals surface area (Å²) in [5.74, 6) is 0.0599. The Morgan fingerprint density at radius 2 is 1.95 bits per heavy atom. The van der Waals surface area contributed by atoms with E-state index in [2.05, 4.69) is 12.1 Å². The third-order valence-corrected chi connectivity index (χ3v) is 4.69. The van der Waals surface area contributed by atoms with Crippen LogP contribution >= 0.6 is 11.3 Å². The molecule has 92 valence electrons. The lowest BCUT2D eigenvalue weighted by Crippen LogP contribution is -2.17. The van der Waals surface area contributed by atoms with E-state index in [4.69, 9.17) is 5.73 Å². The Morgan fingerprint density at radius 1 is 1.11 bits per heavy atom. The van der Waals surface area contributed by atoms with Crippen LogP contribution in [0, 0.1) is 0 Å². The van der Waals surface area contributed by atoms with Crippen LogP contribution in [0.3, 0.4) is 0 Å². The van der Waals surface area contributed by atoms with Gasteiger partial charge in [-0.25, -0.2) is 0 Å². The molecule has 0 bridgehead atoms. The number of hydrogen-bond donors (Lipinski definition) is 1. The number of anilines is 1. The predicted molar refractivity (Wildman–Crippen MR) is 78.9 cm³/mol. The predicted octanol–water partition coefficient (Wildman–Crippen LogP) is 3.62. The summed E-state index contributed by atoms with van der Waals surface area (Å²) in [5, 5.41) is 3.15. The fourth-order valence-corrected chi connectivity index (χ4v) is 3.68. The summed E-state index contributed by atoms with van der Waals surface area (Å²) in [7, 11) is 0. The average Bonchev–Trinajstić information content (AvgIpc) is 2.87. The molecule has 0 saturated heterocycles. The molecule has 19 heavy (non-hydrogen) atoms. The van der Waals surface area contributed by atoms with Gasteiger partial charge in [-0.15, -0.1) is 11.3 Å². The van der Waals surface area contributed by atoms with Crippen LogP contribution < -0.4 is 5.73 Å². The van der Waals surface area contributed by atoms with Crippen LogP contribution in [0.5, 0.6) is 0 Å². The Morgan fingerprint density at radius 3 is 2.84 bits per heavy atom. The van der Waals surface area contributed by atoms with Gasteiger partial charge in [-0.2, -0.15) is 0 Å². The zero-order valence-electron chi connectivity index (χ0n) is 10.1. The minimum atomic E-state index is 0.0599. The first kappa shape index (κ1) is 10.8. The standard InChI is InChI=1S/C16H11NOS/c17-14-13-11(8-10-5-6-19-16(10)14)7-9-3-1-2-4-12(9)15(13)18/h1-6,8H,7,17H2. The quantitative estimate of drug-likeness (QED) is 0.493. The fourth-order valence-electron chi connectivity index (χ4n) is 2.84. The number of carbonyl (C=O) groups is 1. The topological polar surface area (TPSA) is 43.1 Å². The van der Waals surface area contributed by atoms with E-state index in [1.807, 2.05) is 29.6 Å². The summed E-state index contributed by atoms with van der Waals surface area (Å²) < 4.78 is 1.02. The number of ketones is 1. The van der Waals surface area contributed by atoms with Gasteiger partial charge in [0.15, 0.2) is 5.78 Å². The highest BCUT2D eigenvalue weighted by Gasteiger charge is 2.26. The lowest BCUT2D eigenvalue weighted by Gasteiger charge is -2.20. The van der Waals surface area contributed by atoms with E-state index in [9.17, 15) is 4.79 Å². The van der Waals surface area contributed by atoms with Gasteiger partial charge in [0.25, 0.3) is 0 Å². The van der Waals surface area contributed by atoms with Crippen molar-refractivity contribution in [3.63, 3.8) is 0 Å². The number of nitrogens with two attached hydrogens (primary N) is 1. The molecule has 3 heteroatoms. The second-order valence-corrected chi connectivity index (χ2v) is 5.74. The van der Waals surface area contributed by atoms with Crippen molar-refractivity contribution in [1.82, 2.24) is 0 Å². The average molecular weight is 265 g/mol. The minimum absolute atomic E-state index is 0.0599. The Hall–Kier alpha value is -2.13. The third-order valence-electron chi connectivity index (χ3n) is 3.73. The van der Waals surface area contributed by atoms with Crippen LogP contribution in [0.2, 0.25) is 0 Å². The lowest BCUT2D eigenvalue weighted by molar-refractivity contribution is 0.103. The molecule has 0 atom stereocenters. The molecule has 3 aromatic rings. The van der Waals surface area contributed by atoms with Crippen LogP contribution in [-0.2, 0) is 6.42 Å². The van der Waals surface area contributed by atoms with Gasteiger partial charge in [0, 0.05) is 5.56 Å². The fraction of sp³-hybridized carbons (Fsp3) is 0.0625. The highest BCUT2D eigenvalue weighted by molar-refractivity contribution is 7.17. The van der Waals surface area contributed by atoms with Crippen molar-refractivity contribution in [2.75, 3.05) is 5.73 Å². The molecule has 4 rings (SSSR count). The molecule has 0 saturated carbocycles. The normalized spacial score (nSPS) is 13.4. The van der Waals surface area contributed by atoms with Gasteiger partial charge in [0.2, 0.25) is 0 Å². The molecule has 1 aliphatic rings. The number of carbonyl (C=O) groups excluding carboxylic acids is 1. The Kier molecular flexibility index (Phi) is 2.09. The first-order valence-electron chi connectivity index (χ1n) is 6.17. The van der Waals surface area contributed by atoms with Crippen LogP contribution in [0.1, 0.15) is 27.0 Å². The summed E-state index contributed by atoms with van der Waals surface area (Å²) in [6.45, 7) is 0. The molecule has 0 unspecified atom stereocenters. The zero-order valence-corrected chi connectivity index (χ0v) is 11.0. The summed E-state index contributed by atoms with van der Waals surface area (Å²) in [6.07, 6.45) is 0.785. The number of benzene rings is 2. The summed E-state index contributed by atoms with van der Waals surface area (Å²) in [4.78, 5) is 12.6. The maximum absolute atomic E-state index is 12.6. The summed E-state index contributed by atoms with van der Waals surface area (Å²) in [5.41, 5.74) is 10.5. The van der Waals surface area contributed by atoms with Gasteiger partial charge in [0.1, 0.15) is 0 Å². The Bertz CT molecular complexity index is 832. The van der Waals surface area contributed by atoms with Gasteiger partial charge in [-0.05, 0) is 40.4 Å². The minimum Gasteiger partial charge on any atom is -0.397 e. The summed E-state index contributed by atoms with van der Waals surface area (Å²) >= 11 is 1.59. The van der Waals surface area contributed by atoms with E-state index in [0.29, 0.717) is 11.3 Å². The molecule has 0 amide bonds. The monoisotopic (exact) mass is 265 g/mol. The van der Waals surface area contributed by atoms with E-state index < -0.39 is 0 Å². The molecule has 0 fully saturated rings. The van der Waals surface area contributed by atoms with Crippen molar-refractivity contribution in [3.8, 4) is 0 Å². The molecule has 0 radical (unpaired) electrons. The smallest absolute Gasteiger partial charge is 0.195 e. The molecule has 1 aromatic heterocycles. The number of nitrogen functional groups attached to an aromatic ring is 1. The van der Waals surface area contributed by atoms with Gasteiger partial charge in [-0.1, -0.05) is 24.3 Å². The van der Waals surface area contributed by atoms with Gasteiger partial charge >= 0.3 is 0 Å². The van der Waals surface area contributed by atoms with Crippen LogP contribution in [-0.4, -0.2) is 5.78 Å². The first-order chi connectivity index (χ1) is 9.25. The van der Waals surface area contributed by atoms with Gasteiger partial charge in [-0.3, -0.25) is 4.79 Å². The molecule has 2 aromatic carbocycles. The maximum atomic E-state index is 12.6. The van der Waals surface area contributed by atoms with E-state index in [1.54, 1.807) is 11.3 Å². The molecule has 2 N–H and O–H groups in total. The Labute approximate surface area is 114 Å². The first-order valence-corrected chi connectivity index (χ1v) is 7.05. The zero-order chi connectivity index (χ0) is 13.0. The van der Waals surface area contributed by atoms with Gasteiger partial charge < -0.3 is 5.73 Å². The van der Waals surface area contributed by atoms with Crippen molar-refractivity contribution < 1.29 is 4.79 Å². The van der Waals surface area contributed by atoms with E-state index in [-0.39, 0.29) is 5.78 Å². The van der Waals surface area contributed by atoms with Crippen molar-refractivity contribution in [2.24, 2.45) is 0 Å². The molecule has 0 spiro atoms. The maximum Gasteiger partial charge on any atom is 0.195 e. The molecule has 2 nitrogen and oxygen atoms in total. The molecule has 1 aliphatic carbocycles. The SMILES string of the molecule is Nc1c2c(cc3ccsc13)Cc1ccccc1C2=O. The molecule has 1 heterocycles. The third kappa shape index (κ3) is 1.39. The van der Waals surface area contributed by atoms with Crippen LogP contribution in [0.4, 0.5) is 5.69 Å². The largest absolute Gasteiger partial charge is 0.397 e. The lowest BCUT2D eigenvalue weighted by atomic mass is 9.84. The highest BCUT2D eigenvalue weighted by atomic mass is 32.1. The van der Waals surface area contributed by atoms with Crippen LogP contribution in [0.15, 0.2) is 41.8 Å². The second kappa shape index (κ2) is 3.68. The number of fused-ring (bicyclic) bond motifs is 3. The number of hydrogen-bond acceptors (Lipinski definition) is 3. The van der Waals surface area contributed by atoms with Crippen molar-refractivity contribution in [1.29, 1.82) is 0 Å². The molecular formula is C16H11NOS. The molecular weight excluding hydrogens is 254 g/mol. The van der Waals surface area contributed by atoms with Crippen LogP contribution in [0.25, 0.3) is 10.1 Å². The van der Waals surface area contributed by atoms with E-state index >= 15 is 0 Å². The summed E-state index contributed by atoms with van der Waals surface area (Å²) in [6, 6.07) is 11.9. The highest BCUT2D eigenvalue weighted by Crippen LogP contribution is 2.37. The van der Waals surface area contributed by atoms with E-state index in [1.165, 1.54) is 0 Å². The van der Waals surface area contributed by atoms with Crippen molar-refractivity contribution in [2.45, 2.75) is 6.42 Å². The Balaban J connectivity index is 2.07. The van der Waals surface area contributed by atoms with Gasteiger partial charge in [0.05, 0.1) is 16.0 Å².